The molecule has 0 saturated heterocycles. The fourth-order valence-electron chi connectivity index (χ4n) is 4.29. The molecule has 0 spiro atoms. The highest BCUT2D eigenvalue weighted by atomic mass is 16.6. The average Bonchev–Trinajstić information content (AvgIpc) is 2.89. The molecular formula is C29H39N3O8. The summed E-state index contributed by atoms with van der Waals surface area (Å²) in [6.07, 6.45) is -1.01. The second kappa shape index (κ2) is 13.0. The molecule has 0 N–H and O–H groups in total. The number of carbonyl (C=O) groups is 2. The predicted octanol–water partition coefficient (Wildman–Crippen LogP) is 4.91. The van der Waals surface area contributed by atoms with Crippen molar-refractivity contribution in [2.45, 2.75) is 59.0 Å². The van der Waals surface area contributed by atoms with Gasteiger partial charge in [-0.05, 0) is 51.5 Å². The van der Waals surface area contributed by atoms with Crippen LogP contribution in [0.25, 0.3) is 0 Å². The lowest BCUT2D eigenvalue weighted by Gasteiger charge is -2.38. The number of non-ortho nitro benzene ring substituents is 1. The molecule has 0 aliphatic carbocycles. The van der Waals surface area contributed by atoms with Crippen LogP contribution in [0.1, 0.15) is 50.5 Å². The number of carbonyl (C=O) groups excluding carboxylic acids is 2. The number of nitro groups is 1. The number of methoxy groups -OCH3 is 1. The summed E-state index contributed by atoms with van der Waals surface area (Å²) in [4.78, 5) is 40.4. The molecule has 218 valence electrons. The van der Waals surface area contributed by atoms with E-state index >= 15 is 0 Å². The first kappa shape index (κ1) is 30.7. The molecule has 2 aromatic rings. The van der Waals surface area contributed by atoms with Crippen molar-refractivity contribution in [3.63, 3.8) is 0 Å². The first-order valence-electron chi connectivity index (χ1n) is 13.2. The van der Waals surface area contributed by atoms with Gasteiger partial charge >= 0.3 is 6.09 Å². The van der Waals surface area contributed by atoms with E-state index in [2.05, 4.69) is 0 Å². The minimum Gasteiger partial charge on any atom is -0.497 e. The Morgan fingerprint density at radius 2 is 1.90 bits per heavy atom. The molecule has 11 heteroatoms. The fourth-order valence-corrected chi connectivity index (χ4v) is 4.29. The van der Waals surface area contributed by atoms with Crippen molar-refractivity contribution in [1.82, 2.24) is 9.80 Å². The molecule has 1 aliphatic rings. The zero-order chi connectivity index (χ0) is 29.6. The SMILES string of the molecule is COc1ccc(COCC(C)N2CC(C)C(CN(C)C(=O)OC(C)(C)C)Oc3ccc([N+](=O)[O-])cc3C2=O)cc1. The summed E-state index contributed by atoms with van der Waals surface area (Å²) in [5.41, 5.74) is 0.178. The minimum absolute atomic E-state index is 0.0908. The Kier molecular flexibility index (Phi) is 9.97. The Balaban J connectivity index is 1.82. The highest BCUT2D eigenvalue weighted by molar-refractivity contribution is 5.98. The number of ether oxygens (including phenoxy) is 4. The van der Waals surface area contributed by atoms with Gasteiger partial charge in [-0.3, -0.25) is 14.9 Å². The lowest BCUT2D eigenvalue weighted by Crippen LogP contribution is -2.50. The van der Waals surface area contributed by atoms with Crippen molar-refractivity contribution in [3.8, 4) is 11.5 Å². The summed E-state index contributed by atoms with van der Waals surface area (Å²) in [7, 11) is 3.23. The van der Waals surface area contributed by atoms with Gasteiger partial charge in [0.05, 0.1) is 43.4 Å². The maximum absolute atomic E-state index is 13.7. The molecular weight excluding hydrogens is 518 g/mol. The van der Waals surface area contributed by atoms with Crippen LogP contribution in [0.2, 0.25) is 0 Å². The summed E-state index contributed by atoms with van der Waals surface area (Å²) in [5.74, 6) is 0.395. The quantitative estimate of drug-likeness (QED) is 0.315. The average molecular weight is 558 g/mol. The van der Waals surface area contributed by atoms with Gasteiger partial charge in [-0.2, -0.15) is 0 Å². The summed E-state index contributed by atoms with van der Waals surface area (Å²) < 4.78 is 22.8. The monoisotopic (exact) mass is 557 g/mol. The summed E-state index contributed by atoms with van der Waals surface area (Å²) >= 11 is 0. The number of amides is 2. The van der Waals surface area contributed by atoms with E-state index in [-0.39, 0.29) is 48.0 Å². The van der Waals surface area contributed by atoms with Crippen LogP contribution < -0.4 is 9.47 Å². The van der Waals surface area contributed by atoms with E-state index in [0.29, 0.717) is 13.2 Å². The van der Waals surface area contributed by atoms with Crippen LogP contribution in [-0.4, -0.2) is 78.3 Å². The standard InChI is InChI=1S/C29H39N3O8/c1-19-15-31(20(2)17-38-18-21-8-11-23(37-7)12-9-21)27(33)24-14-22(32(35)36)10-13-25(24)39-26(19)16-30(6)28(34)40-29(3,4)5/h8-14,19-20,26H,15-18H2,1-7H3. The van der Waals surface area contributed by atoms with E-state index < -0.39 is 22.7 Å². The number of hydrogen-bond donors (Lipinski definition) is 0. The highest BCUT2D eigenvalue weighted by Gasteiger charge is 2.35. The van der Waals surface area contributed by atoms with Crippen molar-refractivity contribution in [2.75, 3.05) is 33.9 Å². The van der Waals surface area contributed by atoms with Gasteiger partial charge in [0.25, 0.3) is 11.6 Å². The molecule has 3 atom stereocenters. The molecule has 2 aromatic carbocycles. The third kappa shape index (κ3) is 8.08. The Labute approximate surface area is 235 Å². The minimum atomic E-state index is -0.658. The Morgan fingerprint density at radius 3 is 2.50 bits per heavy atom. The van der Waals surface area contributed by atoms with Crippen molar-refractivity contribution >= 4 is 17.7 Å². The molecule has 0 fully saturated rings. The Hall–Kier alpha value is -3.86. The van der Waals surface area contributed by atoms with Crippen molar-refractivity contribution in [2.24, 2.45) is 5.92 Å². The summed E-state index contributed by atoms with van der Waals surface area (Å²) in [5, 5.41) is 11.5. The molecule has 2 amide bonds. The van der Waals surface area contributed by atoms with Gasteiger partial charge in [-0.15, -0.1) is 0 Å². The number of benzene rings is 2. The van der Waals surface area contributed by atoms with Gasteiger partial charge in [0.1, 0.15) is 23.2 Å². The lowest BCUT2D eigenvalue weighted by atomic mass is 9.99. The van der Waals surface area contributed by atoms with Crippen LogP contribution in [0.3, 0.4) is 0 Å². The van der Waals surface area contributed by atoms with E-state index in [1.165, 1.54) is 23.1 Å². The molecule has 11 nitrogen and oxygen atoms in total. The largest absolute Gasteiger partial charge is 0.497 e. The number of likely N-dealkylation sites (N-methyl/N-ethyl adjacent to an activating group) is 1. The van der Waals surface area contributed by atoms with Crippen LogP contribution >= 0.6 is 0 Å². The van der Waals surface area contributed by atoms with E-state index in [1.807, 2.05) is 38.1 Å². The molecule has 3 unspecified atom stereocenters. The fraction of sp³-hybridized carbons (Fsp3) is 0.517. The van der Waals surface area contributed by atoms with Crippen LogP contribution in [-0.2, 0) is 16.1 Å². The maximum atomic E-state index is 13.7. The Morgan fingerprint density at radius 1 is 1.23 bits per heavy atom. The molecule has 3 rings (SSSR count). The van der Waals surface area contributed by atoms with Crippen molar-refractivity contribution in [3.05, 3.63) is 63.7 Å². The zero-order valence-electron chi connectivity index (χ0n) is 24.2. The second-order valence-electron chi connectivity index (χ2n) is 11.1. The maximum Gasteiger partial charge on any atom is 0.410 e. The van der Waals surface area contributed by atoms with Crippen molar-refractivity contribution < 1.29 is 33.5 Å². The molecule has 0 radical (unpaired) electrons. The number of fused-ring (bicyclic) bond motifs is 1. The summed E-state index contributed by atoms with van der Waals surface area (Å²) in [6, 6.07) is 11.2. The zero-order valence-corrected chi connectivity index (χ0v) is 24.2. The lowest BCUT2D eigenvalue weighted by molar-refractivity contribution is -0.384. The smallest absolute Gasteiger partial charge is 0.410 e. The third-order valence-corrected chi connectivity index (χ3v) is 6.54. The molecule has 0 aromatic heterocycles. The van der Waals surface area contributed by atoms with Crippen LogP contribution in [0, 0.1) is 16.0 Å². The van der Waals surface area contributed by atoms with E-state index in [9.17, 15) is 19.7 Å². The topological polar surface area (TPSA) is 121 Å². The number of nitro benzene ring substituents is 1. The van der Waals surface area contributed by atoms with Gasteiger partial charge in [0.2, 0.25) is 0 Å². The number of rotatable bonds is 9. The van der Waals surface area contributed by atoms with Gasteiger partial charge in [-0.1, -0.05) is 19.1 Å². The first-order valence-corrected chi connectivity index (χ1v) is 13.2. The normalized spacial score (nSPS) is 18.1. The van der Waals surface area contributed by atoms with Crippen LogP contribution in [0.15, 0.2) is 42.5 Å². The van der Waals surface area contributed by atoms with Gasteiger partial charge < -0.3 is 28.7 Å². The molecule has 1 heterocycles. The third-order valence-electron chi connectivity index (χ3n) is 6.54. The van der Waals surface area contributed by atoms with Gasteiger partial charge in [0.15, 0.2) is 0 Å². The van der Waals surface area contributed by atoms with Crippen LogP contribution in [0.5, 0.6) is 11.5 Å². The molecule has 0 saturated carbocycles. The molecule has 1 aliphatic heterocycles. The predicted molar refractivity (Wildman–Crippen MR) is 149 cm³/mol. The second-order valence-corrected chi connectivity index (χ2v) is 11.1. The first-order chi connectivity index (χ1) is 18.8. The summed E-state index contributed by atoms with van der Waals surface area (Å²) in [6.45, 7) is 10.3. The Bertz CT molecular complexity index is 1190. The van der Waals surface area contributed by atoms with Gasteiger partial charge in [0, 0.05) is 31.6 Å². The van der Waals surface area contributed by atoms with E-state index in [1.54, 1.807) is 39.8 Å². The highest BCUT2D eigenvalue weighted by Crippen LogP contribution is 2.31. The van der Waals surface area contributed by atoms with E-state index in [0.717, 1.165) is 11.3 Å². The molecule has 0 bridgehead atoms. The molecule has 40 heavy (non-hydrogen) atoms. The van der Waals surface area contributed by atoms with E-state index in [4.69, 9.17) is 18.9 Å². The van der Waals surface area contributed by atoms with Crippen LogP contribution in [0.4, 0.5) is 10.5 Å². The number of nitrogens with zero attached hydrogens (tertiary/aromatic N) is 3. The number of hydrogen-bond acceptors (Lipinski definition) is 8. The van der Waals surface area contributed by atoms with Crippen molar-refractivity contribution in [1.29, 1.82) is 0 Å². The van der Waals surface area contributed by atoms with Gasteiger partial charge in [-0.25, -0.2) is 4.79 Å².